The van der Waals surface area contributed by atoms with Crippen molar-refractivity contribution in [2.75, 3.05) is 16.0 Å². The Balaban J connectivity index is 1.83. The summed E-state index contributed by atoms with van der Waals surface area (Å²) >= 11 is 0. The van der Waals surface area contributed by atoms with Crippen molar-refractivity contribution in [3.63, 3.8) is 0 Å². The minimum absolute atomic E-state index is 0.0935. The average Bonchev–Trinajstić information content (AvgIpc) is 2.63. The molecule has 1 heterocycles. The van der Waals surface area contributed by atoms with Crippen LogP contribution in [0.4, 0.5) is 17.1 Å². The van der Waals surface area contributed by atoms with Crippen LogP contribution in [0.1, 0.15) is 36.8 Å². The summed E-state index contributed by atoms with van der Waals surface area (Å²) in [4.78, 5) is 36.3. The molecule has 6 heteroatoms. The Morgan fingerprint density at radius 2 is 1.92 bits per heavy atom. The number of aryl methyl sites for hydroxylation is 1. The van der Waals surface area contributed by atoms with Crippen molar-refractivity contribution < 1.29 is 14.4 Å². The second kappa shape index (κ2) is 7.39. The van der Waals surface area contributed by atoms with Gasteiger partial charge < -0.3 is 16.0 Å². The van der Waals surface area contributed by atoms with Crippen LogP contribution < -0.4 is 16.0 Å². The van der Waals surface area contributed by atoms with Crippen molar-refractivity contribution >= 4 is 34.8 Å². The van der Waals surface area contributed by atoms with Gasteiger partial charge >= 0.3 is 0 Å². The predicted octanol–water partition coefficient (Wildman–Crippen LogP) is 3.41. The van der Waals surface area contributed by atoms with E-state index in [4.69, 9.17) is 0 Å². The molecule has 0 radical (unpaired) electrons. The van der Waals surface area contributed by atoms with Gasteiger partial charge in [-0.25, -0.2) is 0 Å². The summed E-state index contributed by atoms with van der Waals surface area (Å²) in [6, 6.07) is 12.7. The Bertz CT molecular complexity index is 876. The topological polar surface area (TPSA) is 87.3 Å². The number of anilines is 3. The molecule has 3 rings (SSSR count). The van der Waals surface area contributed by atoms with Gasteiger partial charge in [-0.15, -0.1) is 0 Å². The highest BCUT2D eigenvalue weighted by Gasteiger charge is 2.30. The first-order chi connectivity index (χ1) is 12.5. The van der Waals surface area contributed by atoms with Gasteiger partial charge in [0.1, 0.15) is 0 Å². The van der Waals surface area contributed by atoms with E-state index in [1.807, 2.05) is 31.2 Å². The maximum atomic E-state index is 12.8. The Hall–Kier alpha value is -3.15. The van der Waals surface area contributed by atoms with Crippen LogP contribution >= 0.6 is 0 Å². The van der Waals surface area contributed by atoms with Gasteiger partial charge in [0.2, 0.25) is 17.7 Å². The maximum Gasteiger partial charge on any atom is 0.232 e. The number of benzene rings is 2. The quantitative estimate of drug-likeness (QED) is 0.789. The molecule has 0 spiro atoms. The van der Waals surface area contributed by atoms with E-state index in [2.05, 4.69) is 16.0 Å². The lowest BCUT2D eigenvalue weighted by atomic mass is 9.89. The molecule has 0 saturated heterocycles. The number of nitrogens with one attached hydrogen (secondary N) is 3. The maximum absolute atomic E-state index is 12.8. The molecule has 1 aliphatic rings. The summed E-state index contributed by atoms with van der Waals surface area (Å²) < 4.78 is 0. The van der Waals surface area contributed by atoms with E-state index in [1.54, 1.807) is 25.1 Å². The first-order valence-electron chi connectivity index (χ1n) is 8.58. The van der Waals surface area contributed by atoms with Crippen molar-refractivity contribution in [1.29, 1.82) is 0 Å². The molecule has 3 amide bonds. The number of hydrogen-bond acceptors (Lipinski definition) is 3. The van der Waals surface area contributed by atoms with Gasteiger partial charge in [-0.2, -0.15) is 0 Å². The van der Waals surface area contributed by atoms with E-state index < -0.39 is 5.92 Å². The van der Waals surface area contributed by atoms with Gasteiger partial charge in [0.15, 0.2) is 0 Å². The van der Waals surface area contributed by atoms with E-state index in [0.29, 0.717) is 23.5 Å². The lowest BCUT2D eigenvalue weighted by molar-refractivity contribution is -0.123. The van der Waals surface area contributed by atoms with Crippen LogP contribution in [0, 0.1) is 6.92 Å². The average molecular weight is 351 g/mol. The van der Waals surface area contributed by atoms with Crippen LogP contribution in [-0.2, 0) is 14.4 Å². The van der Waals surface area contributed by atoms with E-state index in [-0.39, 0.29) is 24.1 Å². The number of fused-ring (bicyclic) bond motifs is 1. The Morgan fingerprint density at radius 1 is 1.15 bits per heavy atom. The summed E-state index contributed by atoms with van der Waals surface area (Å²) in [5.74, 6) is -1.06. The van der Waals surface area contributed by atoms with Crippen molar-refractivity contribution in [1.82, 2.24) is 0 Å². The number of carbonyl (C=O) groups excluding carboxylic acids is 3. The lowest BCUT2D eigenvalue weighted by Gasteiger charge is -2.25. The van der Waals surface area contributed by atoms with E-state index >= 15 is 0 Å². The fourth-order valence-electron chi connectivity index (χ4n) is 2.95. The number of para-hydroxylation sites is 1. The molecule has 1 atom stereocenters. The zero-order chi connectivity index (χ0) is 18.7. The lowest BCUT2D eigenvalue weighted by Crippen LogP contribution is -2.30. The van der Waals surface area contributed by atoms with E-state index in [1.165, 1.54) is 0 Å². The van der Waals surface area contributed by atoms with E-state index in [9.17, 15) is 14.4 Å². The van der Waals surface area contributed by atoms with Gasteiger partial charge in [-0.3, -0.25) is 14.4 Å². The van der Waals surface area contributed by atoms with Gasteiger partial charge in [-0.1, -0.05) is 31.2 Å². The first-order valence-corrected chi connectivity index (χ1v) is 8.58. The van der Waals surface area contributed by atoms with E-state index in [0.717, 1.165) is 11.1 Å². The molecular weight excluding hydrogens is 330 g/mol. The molecule has 6 nitrogen and oxygen atoms in total. The standard InChI is InChI=1S/C20H21N3O3/c1-3-18(24)21-13-9-8-12(2)17(10-13)23-20(26)15-11-19(25)22-16-7-5-4-6-14(15)16/h4-10,15H,3,11H2,1-2H3,(H,21,24)(H,22,25)(H,23,26). The van der Waals surface area contributed by atoms with Crippen LogP contribution in [-0.4, -0.2) is 17.7 Å². The summed E-state index contributed by atoms with van der Waals surface area (Å²) in [6.45, 7) is 3.65. The SMILES string of the molecule is CCC(=O)Nc1ccc(C)c(NC(=O)C2CC(=O)Nc3ccccc32)c1. The Morgan fingerprint density at radius 3 is 2.69 bits per heavy atom. The van der Waals surface area contributed by atoms with Gasteiger partial charge in [0.05, 0.1) is 5.92 Å². The summed E-state index contributed by atoms with van der Waals surface area (Å²) in [5, 5.41) is 8.47. The van der Waals surface area contributed by atoms with Crippen LogP contribution in [0.3, 0.4) is 0 Å². The van der Waals surface area contributed by atoms with Gasteiger partial charge in [0.25, 0.3) is 0 Å². The Labute approximate surface area is 152 Å². The van der Waals surface area contributed by atoms with Crippen LogP contribution in [0.15, 0.2) is 42.5 Å². The monoisotopic (exact) mass is 351 g/mol. The molecule has 1 aliphatic heterocycles. The highest BCUT2D eigenvalue weighted by atomic mass is 16.2. The molecule has 0 fully saturated rings. The zero-order valence-electron chi connectivity index (χ0n) is 14.8. The zero-order valence-corrected chi connectivity index (χ0v) is 14.8. The van der Waals surface area contributed by atoms with Crippen molar-refractivity contribution in [2.24, 2.45) is 0 Å². The molecule has 26 heavy (non-hydrogen) atoms. The molecule has 0 bridgehead atoms. The molecule has 2 aromatic carbocycles. The third kappa shape index (κ3) is 3.74. The fraction of sp³-hybridized carbons (Fsp3) is 0.250. The minimum atomic E-state index is -0.548. The number of carbonyl (C=O) groups is 3. The molecule has 0 aliphatic carbocycles. The molecule has 0 saturated carbocycles. The first kappa shape index (κ1) is 17.7. The number of amides is 3. The number of hydrogen-bond donors (Lipinski definition) is 3. The van der Waals surface area contributed by atoms with Crippen molar-refractivity contribution in [3.8, 4) is 0 Å². The number of rotatable bonds is 4. The van der Waals surface area contributed by atoms with Crippen molar-refractivity contribution in [2.45, 2.75) is 32.6 Å². The second-order valence-corrected chi connectivity index (χ2v) is 6.31. The largest absolute Gasteiger partial charge is 0.326 e. The van der Waals surface area contributed by atoms with Crippen LogP contribution in [0.5, 0.6) is 0 Å². The molecular formula is C20H21N3O3. The summed E-state index contributed by atoms with van der Waals surface area (Å²) in [7, 11) is 0. The van der Waals surface area contributed by atoms with Crippen molar-refractivity contribution in [3.05, 3.63) is 53.6 Å². The molecule has 2 aromatic rings. The normalized spacial score (nSPS) is 15.6. The summed E-state index contributed by atoms with van der Waals surface area (Å²) in [5.41, 5.74) is 3.59. The molecule has 134 valence electrons. The predicted molar refractivity (Wildman–Crippen MR) is 101 cm³/mol. The van der Waals surface area contributed by atoms with Gasteiger partial charge in [-0.05, 0) is 36.2 Å². The Kier molecular flexibility index (Phi) is 5.02. The third-order valence-corrected chi connectivity index (χ3v) is 4.42. The molecule has 1 unspecified atom stereocenters. The third-order valence-electron chi connectivity index (χ3n) is 4.42. The highest BCUT2D eigenvalue weighted by molar-refractivity contribution is 6.05. The summed E-state index contributed by atoms with van der Waals surface area (Å²) in [6.07, 6.45) is 0.484. The minimum Gasteiger partial charge on any atom is -0.326 e. The van der Waals surface area contributed by atoms with Gasteiger partial charge in [0, 0.05) is 29.9 Å². The smallest absolute Gasteiger partial charge is 0.232 e. The van der Waals surface area contributed by atoms with Crippen LogP contribution in [0.25, 0.3) is 0 Å². The fourth-order valence-corrected chi connectivity index (χ4v) is 2.95. The molecule has 0 aromatic heterocycles. The molecule has 3 N–H and O–H groups in total. The van der Waals surface area contributed by atoms with Crippen LogP contribution in [0.2, 0.25) is 0 Å². The second-order valence-electron chi connectivity index (χ2n) is 6.31. The highest BCUT2D eigenvalue weighted by Crippen LogP contribution is 2.33.